The van der Waals surface area contributed by atoms with Crippen LogP contribution in [-0.4, -0.2) is 5.11 Å². The molecule has 0 saturated carbocycles. The number of aliphatic hydroxyl groups is 1. The smallest absolute Gasteiger partial charge is 0.170 e. The topological polar surface area (TPSA) is 33.4 Å². The largest absolute Gasteiger partial charge is 0.455 e. The molecule has 4 heteroatoms. The van der Waals surface area contributed by atoms with Crippen LogP contribution in [0.15, 0.2) is 51.4 Å². The first kappa shape index (κ1) is 13.3. The third-order valence-electron chi connectivity index (χ3n) is 3.31. The van der Waals surface area contributed by atoms with Gasteiger partial charge in [-0.3, -0.25) is 0 Å². The van der Waals surface area contributed by atoms with Gasteiger partial charge in [0, 0.05) is 9.86 Å². The van der Waals surface area contributed by atoms with Gasteiger partial charge in [-0.2, -0.15) is 0 Å². The standard InChI is InChI=1S/C16H12BrFO2/c1-9-7-11(17)5-6-12(9)15(19)14-8-10-3-2-4-13(18)16(10)20-14/h2-8,15,19H,1H3. The first-order chi connectivity index (χ1) is 9.56. The number of halogens is 2. The maximum Gasteiger partial charge on any atom is 0.170 e. The predicted octanol–water partition coefficient (Wildman–Crippen LogP) is 4.72. The Morgan fingerprint density at radius 1 is 1.20 bits per heavy atom. The molecule has 0 amide bonds. The van der Waals surface area contributed by atoms with Gasteiger partial charge in [0.1, 0.15) is 11.9 Å². The van der Waals surface area contributed by atoms with Crippen LogP contribution >= 0.6 is 15.9 Å². The average molecular weight is 335 g/mol. The Bertz CT molecular complexity index is 779. The van der Waals surface area contributed by atoms with E-state index in [-0.39, 0.29) is 5.58 Å². The van der Waals surface area contributed by atoms with Gasteiger partial charge < -0.3 is 9.52 Å². The molecule has 0 aliphatic carbocycles. The molecule has 1 aromatic heterocycles. The lowest BCUT2D eigenvalue weighted by molar-refractivity contribution is 0.191. The van der Waals surface area contributed by atoms with E-state index in [2.05, 4.69) is 15.9 Å². The molecule has 20 heavy (non-hydrogen) atoms. The normalized spacial score (nSPS) is 12.8. The van der Waals surface area contributed by atoms with Crippen molar-refractivity contribution in [2.24, 2.45) is 0 Å². The molecule has 1 heterocycles. The molecule has 0 saturated heterocycles. The van der Waals surface area contributed by atoms with Gasteiger partial charge in [-0.25, -0.2) is 4.39 Å². The van der Waals surface area contributed by atoms with Crippen LogP contribution in [0.1, 0.15) is 23.0 Å². The average Bonchev–Trinajstić information content (AvgIpc) is 2.83. The van der Waals surface area contributed by atoms with Gasteiger partial charge in [-0.1, -0.05) is 34.1 Å². The van der Waals surface area contributed by atoms with Gasteiger partial charge in [0.15, 0.2) is 11.4 Å². The van der Waals surface area contributed by atoms with Crippen molar-refractivity contribution >= 4 is 26.9 Å². The van der Waals surface area contributed by atoms with Crippen molar-refractivity contribution in [3.05, 3.63) is 69.6 Å². The maximum absolute atomic E-state index is 13.6. The van der Waals surface area contributed by atoms with Gasteiger partial charge in [0.25, 0.3) is 0 Å². The minimum atomic E-state index is -0.908. The van der Waals surface area contributed by atoms with Gasteiger partial charge in [-0.05, 0) is 42.3 Å². The number of para-hydroxylation sites is 1. The third kappa shape index (κ3) is 2.25. The molecule has 0 spiro atoms. The highest BCUT2D eigenvalue weighted by Gasteiger charge is 2.18. The monoisotopic (exact) mass is 334 g/mol. The molecule has 1 unspecified atom stereocenters. The summed E-state index contributed by atoms with van der Waals surface area (Å²) in [4.78, 5) is 0. The van der Waals surface area contributed by atoms with Crippen molar-refractivity contribution in [3.63, 3.8) is 0 Å². The first-order valence-corrected chi connectivity index (χ1v) is 6.97. The van der Waals surface area contributed by atoms with Crippen LogP contribution in [0.4, 0.5) is 4.39 Å². The van der Waals surface area contributed by atoms with Crippen LogP contribution in [-0.2, 0) is 0 Å². The fraction of sp³-hybridized carbons (Fsp3) is 0.125. The number of hydrogen-bond donors (Lipinski definition) is 1. The summed E-state index contributed by atoms with van der Waals surface area (Å²) in [7, 11) is 0. The summed E-state index contributed by atoms with van der Waals surface area (Å²) in [5.74, 6) is -0.0796. The molecule has 3 aromatic rings. The fourth-order valence-electron chi connectivity index (χ4n) is 2.28. The Labute approximate surface area is 124 Å². The van der Waals surface area contributed by atoms with Gasteiger partial charge >= 0.3 is 0 Å². The summed E-state index contributed by atoms with van der Waals surface area (Å²) in [6, 6.07) is 12.0. The molecule has 0 bridgehead atoms. The van der Waals surface area contributed by atoms with E-state index in [0.717, 1.165) is 15.6 Å². The number of benzene rings is 2. The van der Waals surface area contributed by atoms with Crippen molar-refractivity contribution in [2.45, 2.75) is 13.0 Å². The number of hydrogen-bond acceptors (Lipinski definition) is 2. The molecule has 102 valence electrons. The second kappa shape index (κ2) is 5.04. The Balaban J connectivity index is 2.08. The lowest BCUT2D eigenvalue weighted by atomic mass is 10.0. The molecule has 0 aliphatic rings. The highest BCUT2D eigenvalue weighted by Crippen LogP contribution is 2.31. The maximum atomic E-state index is 13.6. The zero-order valence-corrected chi connectivity index (χ0v) is 12.3. The molecule has 0 aliphatic heterocycles. The Hall–Kier alpha value is -1.65. The van der Waals surface area contributed by atoms with E-state index in [9.17, 15) is 9.50 Å². The summed E-state index contributed by atoms with van der Waals surface area (Å²) in [5.41, 5.74) is 1.86. The van der Waals surface area contributed by atoms with E-state index in [0.29, 0.717) is 11.1 Å². The molecule has 2 aromatic carbocycles. The second-order valence-corrected chi connectivity index (χ2v) is 5.63. The predicted molar refractivity (Wildman–Crippen MR) is 79.1 cm³/mol. The quantitative estimate of drug-likeness (QED) is 0.735. The van der Waals surface area contributed by atoms with Gasteiger partial charge in [0.05, 0.1) is 0 Å². The number of aliphatic hydroxyl groups excluding tert-OH is 1. The molecular formula is C16H12BrFO2. The van der Waals surface area contributed by atoms with E-state index >= 15 is 0 Å². The van der Waals surface area contributed by atoms with Crippen LogP contribution in [0.3, 0.4) is 0 Å². The van der Waals surface area contributed by atoms with Crippen molar-refractivity contribution in [2.75, 3.05) is 0 Å². The van der Waals surface area contributed by atoms with Crippen molar-refractivity contribution < 1.29 is 13.9 Å². The highest BCUT2D eigenvalue weighted by atomic mass is 79.9. The summed E-state index contributed by atoms with van der Waals surface area (Å²) >= 11 is 3.38. The minimum Gasteiger partial charge on any atom is -0.455 e. The van der Waals surface area contributed by atoms with Crippen molar-refractivity contribution in [1.29, 1.82) is 0 Å². The van der Waals surface area contributed by atoms with Crippen molar-refractivity contribution in [3.8, 4) is 0 Å². The molecule has 1 atom stereocenters. The van der Waals surface area contributed by atoms with E-state index in [1.54, 1.807) is 18.2 Å². The molecular weight excluding hydrogens is 323 g/mol. The Morgan fingerprint density at radius 2 is 2.00 bits per heavy atom. The van der Waals surface area contributed by atoms with Crippen LogP contribution in [0.25, 0.3) is 11.0 Å². The fourth-order valence-corrected chi connectivity index (χ4v) is 2.76. The van der Waals surface area contributed by atoms with Crippen molar-refractivity contribution in [1.82, 2.24) is 0 Å². The van der Waals surface area contributed by atoms with Gasteiger partial charge in [-0.15, -0.1) is 0 Å². The number of furan rings is 1. The van der Waals surface area contributed by atoms with E-state index in [4.69, 9.17) is 4.42 Å². The molecule has 0 fully saturated rings. The van der Waals surface area contributed by atoms with Crippen LogP contribution < -0.4 is 0 Å². The first-order valence-electron chi connectivity index (χ1n) is 6.18. The van der Waals surface area contributed by atoms with Gasteiger partial charge in [0.2, 0.25) is 0 Å². The Kier molecular flexibility index (Phi) is 3.36. The SMILES string of the molecule is Cc1cc(Br)ccc1C(O)c1cc2cccc(F)c2o1. The van der Waals surface area contributed by atoms with Crippen LogP contribution in [0.2, 0.25) is 0 Å². The summed E-state index contributed by atoms with van der Waals surface area (Å²) < 4.78 is 20.0. The second-order valence-electron chi connectivity index (χ2n) is 4.71. The van der Waals surface area contributed by atoms with Crippen LogP contribution in [0, 0.1) is 12.7 Å². The number of rotatable bonds is 2. The zero-order valence-electron chi connectivity index (χ0n) is 10.7. The summed E-state index contributed by atoms with van der Waals surface area (Å²) in [5, 5.41) is 11.1. The molecule has 0 radical (unpaired) electrons. The highest BCUT2D eigenvalue weighted by molar-refractivity contribution is 9.10. The number of aryl methyl sites for hydroxylation is 1. The van der Waals surface area contributed by atoms with E-state index in [1.165, 1.54) is 6.07 Å². The minimum absolute atomic E-state index is 0.177. The zero-order chi connectivity index (χ0) is 14.3. The Morgan fingerprint density at radius 3 is 2.70 bits per heavy atom. The molecule has 3 rings (SSSR count). The lowest BCUT2D eigenvalue weighted by Crippen LogP contribution is -2.00. The lowest BCUT2D eigenvalue weighted by Gasteiger charge is -2.11. The number of fused-ring (bicyclic) bond motifs is 1. The summed E-state index contributed by atoms with van der Waals surface area (Å²) in [6.45, 7) is 1.91. The van der Waals surface area contributed by atoms with E-state index < -0.39 is 11.9 Å². The molecule has 1 N–H and O–H groups in total. The third-order valence-corrected chi connectivity index (χ3v) is 3.80. The van der Waals surface area contributed by atoms with Crippen LogP contribution in [0.5, 0.6) is 0 Å². The van der Waals surface area contributed by atoms with E-state index in [1.807, 2.05) is 25.1 Å². The molecule has 2 nitrogen and oxygen atoms in total. The summed E-state index contributed by atoms with van der Waals surface area (Å²) in [6.07, 6.45) is -0.908.